The normalized spacial score (nSPS) is 21.2. The van der Waals surface area contributed by atoms with Crippen LogP contribution in [-0.4, -0.2) is 29.6 Å². The number of aromatic nitrogens is 1. The minimum absolute atomic E-state index is 0.0528. The second-order valence-electron chi connectivity index (χ2n) is 5.10. The maximum atomic E-state index is 10.0. The van der Waals surface area contributed by atoms with E-state index in [0.717, 1.165) is 36.4 Å². The Labute approximate surface area is 112 Å². The molecule has 0 bridgehead atoms. The van der Waals surface area contributed by atoms with E-state index in [-0.39, 0.29) is 6.29 Å². The molecule has 0 amide bonds. The molecule has 2 rings (SSSR count). The number of hydrogen-bond donors (Lipinski definition) is 1. The third kappa shape index (κ3) is 3.75. The lowest BCUT2D eigenvalue weighted by molar-refractivity contribution is -0.161. The van der Waals surface area contributed by atoms with Gasteiger partial charge < -0.3 is 14.6 Å². The van der Waals surface area contributed by atoms with Crippen LogP contribution in [0, 0.1) is 0 Å². The van der Waals surface area contributed by atoms with Gasteiger partial charge in [-0.2, -0.15) is 0 Å². The van der Waals surface area contributed by atoms with E-state index in [1.807, 2.05) is 0 Å². The second-order valence-corrected chi connectivity index (χ2v) is 5.96. The number of aliphatic hydroxyl groups is 1. The monoisotopic (exact) mass is 271 g/mol. The molecule has 1 N–H and O–H groups in total. The Morgan fingerprint density at radius 1 is 1.56 bits per heavy atom. The average Bonchev–Trinajstić information content (AvgIpc) is 2.78. The van der Waals surface area contributed by atoms with Gasteiger partial charge in [-0.1, -0.05) is 0 Å². The SMILES string of the molecule is CC(C)(O)c1scnc1CCOC1CCCCO1. The molecule has 18 heavy (non-hydrogen) atoms. The lowest BCUT2D eigenvalue weighted by Gasteiger charge is -2.23. The van der Waals surface area contributed by atoms with Crippen LogP contribution in [0.1, 0.15) is 43.7 Å². The van der Waals surface area contributed by atoms with Crippen LogP contribution in [-0.2, 0) is 21.5 Å². The topological polar surface area (TPSA) is 51.6 Å². The van der Waals surface area contributed by atoms with Gasteiger partial charge in [0.2, 0.25) is 0 Å². The van der Waals surface area contributed by atoms with Gasteiger partial charge in [0.25, 0.3) is 0 Å². The summed E-state index contributed by atoms with van der Waals surface area (Å²) in [5.74, 6) is 0. The van der Waals surface area contributed by atoms with Crippen LogP contribution in [0.3, 0.4) is 0 Å². The summed E-state index contributed by atoms with van der Waals surface area (Å²) in [5.41, 5.74) is 1.89. The van der Waals surface area contributed by atoms with E-state index in [0.29, 0.717) is 6.61 Å². The lowest BCUT2D eigenvalue weighted by Crippen LogP contribution is -2.23. The van der Waals surface area contributed by atoms with Crippen molar-refractivity contribution in [3.8, 4) is 0 Å². The molecule has 1 aliphatic heterocycles. The Bertz CT molecular complexity index is 367. The van der Waals surface area contributed by atoms with Crippen LogP contribution in [0.5, 0.6) is 0 Å². The molecule has 1 saturated heterocycles. The van der Waals surface area contributed by atoms with Crippen molar-refractivity contribution in [3.05, 3.63) is 16.1 Å². The van der Waals surface area contributed by atoms with Crippen LogP contribution in [0.25, 0.3) is 0 Å². The zero-order valence-electron chi connectivity index (χ0n) is 11.0. The van der Waals surface area contributed by atoms with E-state index in [9.17, 15) is 5.11 Å². The van der Waals surface area contributed by atoms with Crippen molar-refractivity contribution in [2.75, 3.05) is 13.2 Å². The molecule has 0 spiro atoms. The maximum Gasteiger partial charge on any atom is 0.157 e. The van der Waals surface area contributed by atoms with Crippen molar-refractivity contribution < 1.29 is 14.6 Å². The third-order valence-electron chi connectivity index (χ3n) is 2.98. The first-order valence-electron chi connectivity index (χ1n) is 6.46. The molecule has 1 aliphatic rings. The van der Waals surface area contributed by atoms with Crippen LogP contribution < -0.4 is 0 Å². The van der Waals surface area contributed by atoms with Crippen molar-refractivity contribution in [2.45, 2.75) is 51.4 Å². The molecule has 5 heteroatoms. The van der Waals surface area contributed by atoms with Crippen LogP contribution in [0.2, 0.25) is 0 Å². The molecule has 102 valence electrons. The molecule has 0 radical (unpaired) electrons. The zero-order chi connectivity index (χ0) is 13.0. The van der Waals surface area contributed by atoms with Gasteiger partial charge in [0.05, 0.1) is 28.3 Å². The summed E-state index contributed by atoms with van der Waals surface area (Å²) in [7, 11) is 0. The highest BCUT2D eigenvalue weighted by molar-refractivity contribution is 7.09. The van der Waals surface area contributed by atoms with Crippen LogP contribution in [0.15, 0.2) is 5.51 Å². The fourth-order valence-electron chi connectivity index (χ4n) is 2.07. The number of thiazole rings is 1. The highest BCUT2D eigenvalue weighted by Gasteiger charge is 2.23. The highest BCUT2D eigenvalue weighted by Crippen LogP contribution is 2.27. The number of rotatable bonds is 5. The quantitative estimate of drug-likeness (QED) is 0.893. The molecule has 0 aromatic carbocycles. The maximum absolute atomic E-state index is 10.0. The fourth-order valence-corrected chi connectivity index (χ4v) is 2.94. The van der Waals surface area contributed by atoms with Gasteiger partial charge in [0, 0.05) is 13.0 Å². The molecule has 1 aromatic rings. The summed E-state index contributed by atoms with van der Waals surface area (Å²) in [6, 6.07) is 0. The molecule has 2 heterocycles. The molecule has 0 saturated carbocycles. The van der Waals surface area contributed by atoms with E-state index >= 15 is 0 Å². The van der Waals surface area contributed by atoms with Gasteiger partial charge in [0.1, 0.15) is 0 Å². The van der Waals surface area contributed by atoms with Crippen molar-refractivity contribution in [1.29, 1.82) is 0 Å². The summed E-state index contributed by atoms with van der Waals surface area (Å²) in [5, 5.41) is 10.0. The predicted octanol–water partition coefficient (Wildman–Crippen LogP) is 2.46. The van der Waals surface area contributed by atoms with Crippen LogP contribution in [0.4, 0.5) is 0 Å². The van der Waals surface area contributed by atoms with E-state index in [1.54, 1.807) is 19.4 Å². The van der Waals surface area contributed by atoms with Crippen molar-refractivity contribution in [3.63, 3.8) is 0 Å². The highest BCUT2D eigenvalue weighted by atomic mass is 32.1. The average molecular weight is 271 g/mol. The van der Waals surface area contributed by atoms with E-state index in [1.165, 1.54) is 17.8 Å². The van der Waals surface area contributed by atoms with Gasteiger partial charge in [-0.15, -0.1) is 11.3 Å². The molecular weight excluding hydrogens is 250 g/mol. The van der Waals surface area contributed by atoms with Gasteiger partial charge >= 0.3 is 0 Å². The number of hydrogen-bond acceptors (Lipinski definition) is 5. The molecule has 0 aliphatic carbocycles. The summed E-state index contributed by atoms with van der Waals surface area (Å²) in [4.78, 5) is 5.23. The van der Waals surface area contributed by atoms with E-state index < -0.39 is 5.60 Å². The molecule has 1 unspecified atom stereocenters. The first-order chi connectivity index (χ1) is 8.57. The first-order valence-corrected chi connectivity index (χ1v) is 7.34. The Balaban J connectivity index is 1.81. The van der Waals surface area contributed by atoms with Crippen LogP contribution >= 0.6 is 11.3 Å². The summed E-state index contributed by atoms with van der Waals surface area (Å²) in [6.07, 6.45) is 3.96. The van der Waals surface area contributed by atoms with Crippen molar-refractivity contribution >= 4 is 11.3 Å². The number of nitrogens with zero attached hydrogens (tertiary/aromatic N) is 1. The minimum Gasteiger partial charge on any atom is -0.385 e. The fraction of sp³-hybridized carbons (Fsp3) is 0.769. The zero-order valence-corrected chi connectivity index (χ0v) is 11.8. The summed E-state index contributed by atoms with van der Waals surface area (Å²) < 4.78 is 11.2. The standard InChI is InChI=1S/C13H21NO3S/c1-13(2,15)12-10(14-9-18-12)6-8-17-11-5-3-4-7-16-11/h9,11,15H,3-8H2,1-2H3. The smallest absolute Gasteiger partial charge is 0.157 e. The van der Waals surface area contributed by atoms with Crippen molar-refractivity contribution in [2.24, 2.45) is 0 Å². The van der Waals surface area contributed by atoms with Crippen molar-refractivity contribution in [1.82, 2.24) is 4.98 Å². The van der Waals surface area contributed by atoms with Gasteiger partial charge in [-0.3, -0.25) is 0 Å². The lowest BCUT2D eigenvalue weighted by atomic mass is 10.1. The minimum atomic E-state index is -0.822. The molecule has 4 nitrogen and oxygen atoms in total. The predicted molar refractivity (Wildman–Crippen MR) is 70.6 cm³/mol. The third-order valence-corrected chi connectivity index (χ3v) is 4.16. The molecule has 1 aromatic heterocycles. The second kappa shape index (κ2) is 6.10. The van der Waals surface area contributed by atoms with Gasteiger partial charge in [-0.05, 0) is 33.1 Å². The Morgan fingerprint density at radius 2 is 2.39 bits per heavy atom. The molecule has 1 atom stereocenters. The van der Waals surface area contributed by atoms with Gasteiger partial charge in [-0.25, -0.2) is 4.98 Å². The number of ether oxygens (including phenoxy) is 2. The first kappa shape index (κ1) is 13.9. The van der Waals surface area contributed by atoms with E-state index in [4.69, 9.17) is 9.47 Å². The van der Waals surface area contributed by atoms with E-state index in [2.05, 4.69) is 4.98 Å². The summed E-state index contributed by atoms with van der Waals surface area (Å²) in [6.45, 7) is 4.97. The summed E-state index contributed by atoms with van der Waals surface area (Å²) >= 11 is 1.49. The Hall–Kier alpha value is -0.490. The van der Waals surface area contributed by atoms with Gasteiger partial charge in [0.15, 0.2) is 6.29 Å². The Morgan fingerprint density at radius 3 is 3.06 bits per heavy atom. The molecular formula is C13H21NO3S. The molecule has 1 fully saturated rings. The largest absolute Gasteiger partial charge is 0.385 e. The Kier molecular flexibility index (Phi) is 4.72.